The first-order valence-corrected chi connectivity index (χ1v) is 8.48. The highest BCUT2D eigenvalue weighted by Crippen LogP contribution is 2.27. The van der Waals surface area contributed by atoms with Crippen molar-refractivity contribution in [3.8, 4) is 5.75 Å². The van der Waals surface area contributed by atoms with Crippen LogP contribution in [-0.2, 0) is 10.1 Å². The quantitative estimate of drug-likeness (QED) is 0.734. The van der Waals surface area contributed by atoms with E-state index in [0.29, 0.717) is 10.9 Å². The van der Waals surface area contributed by atoms with Gasteiger partial charge in [0.05, 0.1) is 5.52 Å². The topological polar surface area (TPSA) is 99.4 Å². The van der Waals surface area contributed by atoms with Gasteiger partial charge in [-0.3, -0.25) is 9.78 Å². The van der Waals surface area contributed by atoms with Crippen molar-refractivity contribution in [2.45, 2.75) is 11.8 Å². The maximum Gasteiger partial charge on any atom is 0.339 e. The van der Waals surface area contributed by atoms with Crippen LogP contribution in [0.25, 0.3) is 10.9 Å². The molecule has 0 bridgehead atoms. The number of benzene rings is 2. The molecule has 0 saturated carbocycles. The lowest BCUT2D eigenvalue weighted by Crippen LogP contribution is -2.13. The van der Waals surface area contributed by atoms with Crippen molar-refractivity contribution in [3.63, 3.8) is 0 Å². The van der Waals surface area contributed by atoms with Gasteiger partial charge in [0.15, 0.2) is 0 Å². The number of nitrogens with two attached hydrogens (primary N) is 1. The third-order valence-electron chi connectivity index (χ3n) is 3.53. The Hall–Kier alpha value is -2.93. The summed E-state index contributed by atoms with van der Waals surface area (Å²) in [5.74, 6) is -0.647. The second-order valence-electron chi connectivity index (χ2n) is 5.21. The molecule has 24 heavy (non-hydrogen) atoms. The number of aromatic nitrogens is 1. The zero-order chi connectivity index (χ0) is 17.3. The Kier molecular flexibility index (Phi) is 3.94. The molecule has 2 N–H and O–H groups in total. The summed E-state index contributed by atoms with van der Waals surface area (Å²) in [5.41, 5.74) is 6.81. The number of amides is 1. The molecule has 6 nitrogen and oxygen atoms in total. The number of hydrogen-bond acceptors (Lipinski definition) is 5. The Morgan fingerprint density at radius 2 is 1.92 bits per heavy atom. The van der Waals surface area contributed by atoms with Crippen molar-refractivity contribution in [2.75, 3.05) is 0 Å². The summed E-state index contributed by atoms with van der Waals surface area (Å²) >= 11 is 0. The molecular weight excluding hydrogens is 328 g/mol. The number of carbonyl (C=O) groups excluding carboxylic acids is 1. The zero-order valence-corrected chi connectivity index (χ0v) is 13.6. The maximum atomic E-state index is 12.6. The van der Waals surface area contributed by atoms with Gasteiger partial charge in [0, 0.05) is 17.1 Å². The highest BCUT2D eigenvalue weighted by Gasteiger charge is 2.21. The van der Waals surface area contributed by atoms with Crippen LogP contribution in [0.15, 0.2) is 59.6 Å². The highest BCUT2D eigenvalue weighted by molar-refractivity contribution is 7.87. The first kappa shape index (κ1) is 15.9. The third-order valence-corrected chi connectivity index (χ3v) is 4.83. The number of aryl methyl sites for hydroxylation is 1. The SMILES string of the molecule is Cc1ccc(S(=O)(=O)Oc2cccc(C(N)=O)c2)c2cccnc12. The lowest BCUT2D eigenvalue weighted by atomic mass is 10.1. The van der Waals surface area contributed by atoms with Crippen molar-refractivity contribution in [2.24, 2.45) is 5.73 Å². The number of fused-ring (bicyclic) bond motifs is 1. The summed E-state index contributed by atoms with van der Waals surface area (Å²) in [5, 5.41) is 0.476. The van der Waals surface area contributed by atoms with Gasteiger partial charge in [0.2, 0.25) is 5.91 Å². The van der Waals surface area contributed by atoms with Gasteiger partial charge in [-0.05, 0) is 48.9 Å². The Morgan fingerprint density at radius 1 is 1.12 bits per heavy atom. The first-order valence-electron chi connectivity index (χ1n) is 7.07. The van der Waals surface area contributed by atoms with Crippen LogP contribution in [0.3, 0.4) is 0 Å². The van der Waals surface area contributed by atoms with E-state index in [-0.39, 0.29) is 16.2 Å². The largest absolute Gasteiger partial charge is 0.379 e. The fourth-order valence-corrected chi connectivity index (χ4v) is 3.49. The molecule has 0 unspecified atom stereocenters. The second-order valence-corrected chi connectivity index (χ2v) is 6.72. The smallest absolute Gasteiger partial charge is 0.339 e. The van der Waals surface area contributed by atoms with Gasteiger partial charge in [0.25, 0.3) is 0 Å². The molecule has 1 heterocycles. The summed E-state index contributed by atoms with van der Waals surface area (Å²) in [7, 11) is -4.09. The molecule has 0 aliphatic carbocycles. The number of carbonyl (C=O) groups is 1. The summed E-state index contributed by atoms with van der Waals surface area (Å²) in [6.07, 6.45) is 1.60. The van der Waals surface area contributed by atoms with Crippen LogP contribution < -0.4 is 9.92 Å². The van der Waals surface area contributed by atoms with Gasteiger partial charge in [-0.15, -0.1) is 0 Å². The standard InChI is InChI=1S/C17H14N2O4S/c1-11-7-8-15(14-6-3-9-19-16(11)14)24(21,22)23-13-5-2-4-12(10-13)17(18)20/h2-10H,1H3,(H2,18,20). The van der Waals surface area contributed by atoms with Crippen LogP contribution in [-0.4, -0.2) is 19.3 Å². The van der Waals surface area contributed by atoms with Crippen LogP contribution >= 0.6 is 0 Å². The van der Waals surface area contributed by atoms with E-state index in [9.17, 15) is 13.2 Å². The van der Waals surface area contributed by atoms with Crippen LogP contribution in [0.2, 0.25) is 0 Å². The lowest BCUT2D eigenvalue weighted by molar-refractivity contribution is 0.1000. The van der Waals surface area contributed by atoms with Crippen LogP contribution in [0.1, 0.15) is 15.9 Å². The van der Waals surface area contributed by atoms with E-state index in [2.05, 4.69) is 4.98 Å². The fourth-order valence-electron chi connectivity index (χ4n) is 2.38. The van der Waals surface area contributed by atoms with Gasteiger partial charge in [-0.1, -0.05) is 12.1 Å². The molecule has 122 valence electrons. The molecule has 0 saturated heterocycles. The minimum absolute atomic E-state index is 0.0145. The van der Waals surface area contributed by atoms with Gasteiger partial charge in [-0.25, -0.2) is 0 Å². The molecule has 0 radical (unpaired) electrons. The molecule has 1 amide bonds. The van der Waals surface area contributed by atoms with E-state index in [1.165, 1.54) is 30.3 Å². The Balaban J connectivity index is 2.08. The summed E-state index contributed by atoms with van der Waals surface area (Å²) in [6.45, 7) is 1.85. The molecule has 0 fully saturated rings. The molecule has 0 spiro atoms. The molecule has 7 heteroatoms. The van der Waals surface area contributed by atoms with E-state index in [1.807, 2.05) is 6.92 Å². The minimum Gasteiger partial charge on any atom is -0.379 e. The molecule has 0 aliphatic heterocycles. The summed E-state index contributed by atoms with van der Waals surface area (Å²) in [6, 6.07) is 12.2. The summed E-state index contributed by atoms with van der Waals surface area (Å²) in [4.78, 5) is 15.4. The van der Waals surface area contributed by atoms with Crippen LogP contribution in [0, 0.1) is 6.92 Å². The van der Waals surface area contributed by atoms with E-state index in [0.717, 1.165) is 5.56 Å². The highest BCUT2D eigenvalue weighted by atomic mass is 32.2. The van der Waals surface area contributed by atoms with Crippen molar-refractivity contribution >= 4 is 26.9 Å². The molecular formula is C17H14N2O4S. The zero-order valence-electron chi connectivity index (χ0n) is 12.8. The maximum absolute atomic E-state index is 12.6. The van der Waals surface area contributed by atoms with Crippen LogP contribution in [0.5, 0.6) is 5.75 Å². The van der Waals surface area contributed by atoms with Crippen LogP contribution in [0.4, 0.5) is 0 Å². The van der Waals surface area contributed by atoms with Crippen molar-refractivity contribution in [1.29, 1.82) is 0 Å². The van der Waals surface area contributed by atoms with E-state index in [4.69, 9.17) is 9.92 Å². The Morgan fingerprint density at radius 3 is 2.67 bits per heavy atom. The van der Waals surface area contributed by atoms with Gasteiger partial charge in [-0.2, -0.15) is 8.42 Å². The molecule has 1 aromatic heterocycles. The third kappa shape index (κ3) is 2.93. The van der Waals surface area contributed by atoms with Crippen molar-refractivity contribution in [3.05, 3.63) is 65.9 Å². The number of nitrogens with zero attached hydrogens (tertiary/aromatic N) is 1. The molecule has 3 rings (SSSR count). The predicted octanol–water partition coefficient (Wildman–Crippen LogP) is 2.41. The summed E-state index contributed by atoms with van der Waals surface area (Å²) < 4.78 is 30.4. The lowest BCUT2D eigenvalue weighted by Gasteiger charge is -2.11. The average molecular weight is 342 g/mol. The molecule has 2 aromatic carbocycles. The Labute approximate surface area is 139 Å². The number of pyridine rings is 1. The van der Waals surface area contributed by atoms with E-state index >= 15 is 0 Å². The normalized spacial score (nSPS) is 11.4. The predicted molar refractivity (Wildman–Crippen MR) is 89.3 cm³/mol. The van der Waals surface area contributed by atoms with Gasteiger partial charge in [0.1, 0.15) is 10.6 Å². The number of hydrogen-bond donors (Lipinski definition) is 1. The average Bonchev–Trinajstić information content (AvgIpc) is 2.55. The van der Waals surface area contributed by atoms with Gasteiger partial charge < -0.3 is 9.92 Å². The van der Waals surface area contributed by atoms with Crippen molar-refractivity contribution < 1.29 is 17.4 Å². The molecule has 3 aromatic rings. The second kappa shape index (κ2) is 5.93. The Bertz CT molecular complexity index is 1050. The number of primary amides is 1. The monoisotopic (exact) mass is 342 g/mol. The van der Waals surface area contributed by atoms with E-state index < -0.39 is 16.0 Å². The first-order chi connectivity index (χ1) is 11.4. The number of rotatable bonds is 4. The van der Waals surface area contributed by atoms with E-state index in [1.54, 1.807) is 24.4 Å². The van der Waals surface area contributed by atoms with Crippen molar-refractivity contribution in [1.82, 2.24) is 4.98 Å². The molecule has 0 atom stereocenters. The minimum atomic E-state index is -4.09. The fraction of sp³-hybridized carbons (Fsp3) is 0.0588. The molecule has 0 aliphatic rings. The van der Waals surface area contributed by atoms with Gasteiger partial charge >= 0.3 is 10.1 Å².